The third-order valence-electron chi connectivity index (χ3n) is 4.54. The Balaban J connectivity index is 6.07. The predicted molar refractivity (Wildman–Crippen MR) is 134 cm³/mol. The summed E-state index contributed by atoms with van der Waals surface area (Å²) >= 11 is 0. The topological polar surface area (TPSA) is 107 Å². The van der Waals surface area contributed by atoms with E-state index in [1.165, 1.54) is 13.8 Å². The van der Waals surface area contributed by atoms with Gasteiger partial charge in [-0.3, -0.25) is 9.09 Å². The van der Waals surface area contributed by atoms with Crippen LogP contribution >= 0.6 is 7.60 Å². The summed E-state index contributed by atoms with van der Waals surface area (Å²) in [5, 5.41) is 0. The highest BCUT2D eigenvalue weighted by molar-refractivity contribution is 7.54. The van der Waals surface area contributed by atoms with Crippen molar-refractivity contribution in [2.75, 3.05) is 13.2 Å². The number of rotatable bonds is 21. The van der Waals surface area contributed by atoms with Gasteiger partial charge in [0.2, 0.25) is 12.6 Å². The van der Waals surface area contributed by atoms with E-state index in [1.807, 2.05) is 27.7 Å². The maximum Gasteiger partial charge on any atom is 0.389 e. The van der Waals surface area contributed by atoms with Crippen LogP contribution in [0.3, 0.4) is 0 Å². The number of esters is 2. The summed E-state index contributed by atoms with van der Waals surface area (Å²) in [4.78, 5) is 24.3. The summed E-state index contributed by atoms with van der Waals surface area (Å²) in [5.41, 5.74) is 0.379. The molecular weight excluding hydrogens is 475 g/mol. The van der Waals surface area contributed by atoms with E-state index >= 15 is 0 Å². The van der Waals surface area contributed by atoms with Crippen molar-refractivity contribution in [3.05, 3.63) is 24.3 Å². The lowest BCUT2D eigenvalue weighted by atomic mass is 10.3. The van der Waals surface area contributed by atoms with Gasteiger partial charge >= 0.3 is 19.5 Å². The van der Waals surface area contributed by atoms with Crippen molar-refractivity contribution in [3.8, 4) is 0 Å². The molecule has 10 heteroatoms. The summed E-state index contributed by atoms with van der Waals surface area (Å²) in [7, 11) is -4.18. The van der Waals surface area contributed by atoms with Crippen LogP contribution in [0.4, 0.5) is 0 Å². The monoisotopic (exact) mass is 520 g/mol. The first-order chi connectivity index (χ1) is 16.5. The Labute approximate surface area is 211 Å². The minimum atomic E-state index is -4.18. The third-order valence-corrected chi connectivity index (χ3v) is 6.40. The van der Waals surface area contributed by atoms with Gasteiger partial charge in [0.05, 0.1) is 13.2 Å². The van der Waals surface area contributed by atoms with Crippen molar-refractivity contribution in [1.29, 1.82) is 0 Å². The van der Waals surface area contributed by atoms with Crippen LogP contribution in [0, 0.1) is 0 Å². The first-order valence-corrected chi connectivity index (χ1v) is 14.1. The molecule has 0 saturated carbocycles. The Kier molecular flexibility index (Phi) is 17.9. The molecule has 4 unspecified atom stereocenters. The highest BCUT2D eigenvalue weighted by Gasteiger charge is 2.43. The van der Waals surface area contributed by atoms with Gasteiger partial charge in [0, 0.05) is 24.0 Å². The van der Waals surface area contributed by atoms with E-state index in [-0.39, 0.29) is 30.8 Å². The van der Waals surface area contributed by atoms with Crippen molar-refractivity contribution in [2.24, 2.45) is 0 Å². The molecule has 0 bridgehead atoms. The molecule has 0 aliphatic carbocycles. The Morgan fingerprint density at radius 3 is 1.74 bits per heavy atom. The molecule has 0 aromatic carbocycles. The molecule has 4 atom stereocenters. The molecule has 0 aromatic rings. The largest absolute Gasteiger partial charge is 0.432 e. The number of unbranched alkanes of at least 4 members (excludes halogenated alkanes) is 2. The first kappa shape index (κ1) is 33.5. The highest BCUT2D eigenvalue weighted by atomic mass is 31.2. The van der Waals surface area contributed by atoms with Gasteiger partial charge in [-0.15, -0.1) is 0 Å². The zero-order valence-corrected chi connectivity index (χ0v) is 23.2. The molecule has 35 heavy (non-hydrogen) atoms. The van der Waals surface area contributed by atoms with Crippen LogP contribution in [-0.2, 0) is 42.1 Å². The number of carbonyl (C=O) groups excluding carboxylic acids is 2. The Morgan fingerprint density at radius 2 is 1.26 bits per heavy atom. The number of carbonyl (C=O) groups is 2. The molecule has 0 amide bonds. The smallest absolute Gasteiger partial charge is 0.389 e. The second-order valence-corrected chi connectivity index (χ2v) is 10.3. The number of ether oxygens (including phenoxy) is 4. The lowest BCUT2D eigenvalue weighted by Gasteiger charge is -2.32. The van der Waals surface area contributed by atoms with Crippen LogP contribution in [0.25, 0.3) is 0 Å². The van der Waals surface area contributed by atoms with Gasteiger partial charge in [-0.1, -0.05) is 66.5 Å². The molecule has 0 rings (SSSR count). The molecule has 0 heterocycles. The van der Waals surface area contributed by atoms with Gasteiger partial charge in [-0.05, 0) is 26.7 Å². The average Bonchev–Trinajstić information content (AvgIpc) is 2.78. The Bertz CT molecular complexity index is 707. The van der Waals surface area contributed by atoms with Gasteiger partial charge < -0.3 is 23.5 Å². The van der Waals surface area contributed by atoms with E-state index in [9.17, 15) is 14.2 Å². The maximum absolute atomic E-state index is 14.1. The second kappa shape index (κ2) is 18.7. The SMILES string of the molecule is C=C(C)C(=O)OC(CCC)OC(OCCCC)P(=O)(OCCCC)OC(CCC)OC(=O)C(=C)C. The van der Waals surface area contributed by atoms with E-state index in [0.717, 1.165) is 12.8 Å². The summed E-state index contributed by atoms with van der Waals surface area (Å²) in [6.07, 6.45) is 2.46. The first-order valence-electron chi connectivity index (χ1n) is 12.5. The number of hydrogen-bond acceptors (Lipinski definition) is 9. The molecule has 0 N–H and O–H groups in total. The van der Waals surface area contributed by atoms with Crippen molar-refractivity contribution in [3.63, 3.8) is 0 Å². The quantitative estimate of drug-likeness (QED) is 0.0542. The minimum Gasteiger partial charge on any atom is -0.432 e. The Hall–Kier alpha value is -1.51. The zero-order valence-electron chi connectivity index (χ0n) is 22.3. The molecule has 0 aromatic heterocycles. The summed E-state index contributed by atoms with van der Waals surface area (Å²) in [6, 6.07) is -1.50. The second-order valence-electron chi connectivity index (χ2n) is 8.31. The molecule has 0 aliphatic rings. The van der Waals surface area contributed by atoms with Crippen LogP contribution in [0.15, 0.2) is 24.3 Å². The van der Waals surface area contributed by atoms with Gasteiger partial charge in [0.1, 0.15) is 0 Å². The fraction of sp³-hybridized carbons (Fsp3) is 0.760. The van der Waals surface area contributed by atoms with E-state index in [1.54, 1.807) is 0 Å². The van der Waals surface area contributed by atoms with E-state index in [4.69, 9.17) is 28.0 Å². The van der Waals surface area contributed by atoms with Gasteiger partial charge in [0.15, 0.2) is 0 Å². The van der Waals surface area contributed by atoms with Crippen LogP contribution < -0.4 is 0 Å². The van der Waals surface area contributed by atoms with Gasteiger partial charge in [-0.25, -0.2) is 9.59 Å². The van der Waals surface area contributed by atoms with E-state index in [2.05, 4.69) is 13.2 Å². The van der Waals surface area contributed by atoms with Crippen LogP contribution in [0.1, 0.15) is 92.9 Å². The van der Waals surface area contributed by atoms with E-state index < -0.39 is 38.1 Å². The van der Waals surface area contributed by atoms with Crippen LogP contribution in [0.5, 0.6) is 0 Å². The minimum absolute atomic E-state index is 0.113. The summed E-state index contributed by atoms with van der Waals surface area (Å²) < 4.78 is 48.1. The highest BCUT2D eigenvalue weighted by Crippen LogP contribution is 2.56. The fourth-order valence-electron chi connectivity index (χ4n) is 2.50. The molecule has 9 nitrogen and oxygen atoms in total. The predicted octanol–water partition coefficient (Wildman–Crippen LogP) is 6.62. The fourth-order valence-corrected chi connectivity index (χ4v) is 4.22. The molecule has 0 spiro atoms. The normalized spacial score (nSPS) is 15.5. The molecule has 0 saturated heterocycles. The van der Waals surface area contributed by atoms with Crippen molar-refractivity contribution >= 4 is 19.5 Å². The molecule has 0 radical (unpaired) electrons. The molecular formula is C25H45O9P. The molecule has 0 aliphatic heterocycles. The maximum atomic E-state index is 14.1. The zero-order chi connectivity index (χ0) is 26.9. The summed E-state index contributed by atoms with van der Waals surface area (Å²) in [5.74, 6) is -1.31. The van der Waals surface area contributed by atoms with Gasteiger partial charge in [0.25, 0.3) is 6.03 Å². The standard InChI is InChI=1S/C25H45O9P/c1-9-13-17-29-25(33-21(15-11-3)31-23(26)19(5)6)35(28,30-18-14-10-2)34-22(16-12-4)32-24(27)20(7)8/h21-22,25H,5,7,9-18H2,1-4,6,8H3. The lowest BCUT2D eigenvalue weighted by molar-refractivity contribution is -0.223. The molecule has 204 valence electrons. The van der Waals surface area contributed by atoms with Crippen molar-refractivity contribution in [2.45, 2.75) is 112 Å². The van der Waals surface area contributed by atoms with E-state index in [0.29, 0.717) is 32.1 Å². The lowest BCUT2D eigenvalue weighted by Crippen LogP contribution is -2.32. The molecule has 0 fully saturated rings. The average molecular weight is 521 g/mol. The van der Waals surface area contributed by atoms with Crippen LogP contribution in [0.2, 0.25) is 0 Å². The van der Waals surface area contributed by atoms with Crippen molar-refractivity contribution in [1.82, 2.24) is 0 Å². The van der Waals surface area contributed by atoms with Crippen LogP contribution in [-0.4, -0.2) is 43.8 Å². The summed E-state index contributed by atoms with van der Waals surface area (Å²) in [6.45, 7) is 18.2. The van der Waals surface area contributed by atoms with Gasteiger partial charge in [-0.2, -0.15) is 0 Å². The number of hydrogen-bond donors (Lipinski definition) is 0. The Morgan fingerprint density at radius 1 is 0.771 bits per heavy atom. The third kappa shape index (κ3) is 14.0. The van der Waals surface area contributed by atoms with Crippen molar-refractivity contribution < 1.29 is 42.1 Å².